The van der Waals surface area contributed by atoms with Crippen molar-refractivity contribution in [1.29, 1.82) is 0 Å². The highest BCUT2D eigenvalue weighted by Crippen LogP contribution is 2.34. The fraction of sp³-hybridized carbons (Fsp3) is 0.333. The monoisotopic (exact) mass is 276 g/mol. The Labute approximate surface area is 106 Å². The molecule has 7 heteroatoms. The number of oxazole rings is 1. The van der Waals surface area contributed by atoms with Crippen molar-refractivity contribution < 1.29 is 9.52 Å². The normalized spacial score (nSPS) is 11.0. The highest BCUT2D eigenvalue weighted by atomic mass is 35.5. The molecule has 2 heterocycles. The summed E-state index contributed by atoms with van der Waals surface area (Å²) >= 11 is 8.47. The number of aryl methyl sites for hydroxylation is 2. The zero-order chi connectivity index (χ0) is 11.7. The Kier molecular flexibility index (Phi) is 3.53. The van der Waals surface area contributed by atoms with Gasteiger partial charge >= 0.3 is 0 Å². The summed E-state index contributed by atoms with van der Waals surface area (Å²) in [6.45, 7) is 3.65. The van der Waals surface area contributed by atoms with Crippen LogP contribution in [-0.2, 0) is 6.61 Å². The van der Waals surface area contributed by atoms with Crippen LogP contribution in [0.5, 0.6) is 0 Å². The second-order valence-corrected chi connectivity index (χ2v) is 5.72. The largest absolute Gasteiger partial charge is 0.436 e. The lowest BCUT2D eigenvalue weighted by Crippen LogP contribution is -1.75. The predicted octanol–water partition coefficient (Wildman–Crippen LogP) is 3.04. The van der Waals surface area contributed by atoms with Crippen LogP contribution in [-0.4, -0.2) is 15.1 Å². The van der Waals surface area contributed by atoms with Crippen LogP contribution in [0.3, 0.4) is 0 Å². The molecule has 16 heavy (non-hydrogen) atoms. The van der Waals surface area contributed by atoms with E-state index >= 15 is 0 Å². The zero-order valence-electron chi connectivity index (χ0n) is 8.65. The number of aliphatic hydroxyl groups excluding tert-OH is 1. The predicted molar refractivity (Wildman–Crippen MR) is 63.1 cm³/mol. The summed E-state index contributed by atoms with van der Waals surface area (Å²) in [5, 5.41) is 9.87. The van der Waals surface area contributed by atoms with Crippen molar-refractivity contribution in [3.63, 3.8) is 0 Å². The minimum Gasteiger partial charge on any atom is -0.436 e. The van der Waals surface area contributed by atoms with Gasteiger partial charge in [-0.25, -0.2) is 9.97 Å². The van der Waals surface area contributed by atoms with Crippen molar-refractivity contribution in [2.24, 2.45) is 0 Å². The van der Waals surface area contributed by atoms with Gasteiger partial charge in [0.1, 0.15) is 10.9 Å². The fourth-order valence-electron chi connectivity index (χ4n) is 1.02. The number of hydrogen-bond acceptors (Lipinski definition) is 6. The van der Waals surface area contributed by atoms with Gasteiger partial charge < -0.3 is 9.52 Å². The van der Waals surface area contributed by atoms with Crippen LogP contribution < -0.4 is 0 Å². The van der Waals surface area contributed by atoms with E-state index in [1.54, 1.807) is 0 Å². The Morgan fingerprint density at radius 3 is 2.69 bits per heavy atom. The summed E-state index contributed by atoms with van der Waals surface area (Å²) in [6.07, 6.45) is 0. The lowest BCUT2D eigenvalue weighted by Gasteiger charge is -1.87. The number of nitrogens with zero attached hydrogens (tertiary/aromatic N) is 2. The molecule has 0 aromatic carbocycles. The van der Waals surface area contributed by atoms with Crippen LogP contribution in [0.15, 0.2) is 14.0 Å². The van der Waals surface area contributed by atoms with Crippen molar-refractivity contribution >= 4 is 34.7 Å². The molecule has 0 aliphatic rings. The maximum atomic E-state index is 8.98. The van der Waals surface area contributed by atoms with Gasteiger partial charge in [-0.1, -0.05) is 11.6 Å². The molecule has 1 N–H and O–H groups in total. The van der Waals surface area contributed by atoms with Gasteiger partial charge in [0.2, 0.25) is 0 Å². The number of thiazole rings is 1. The van der Waals surface area contributed by atoms with E-state index in [-0.39, 0.29) is 6.61 Å². The molecule has 2 rings (SSSR count). The van der Waals surface area contributed by atoms with Crippen molar-refractivity contribution in [2.75, 3.05) is 0 Å². The van der Waals surface area contributed by atoms with Gasteiger partial charge in [0, 0.05) is 11.8 Å². The molecule has 0 bridgehead atoms. The standard InChI is InChI=1S/C9H9ClN2O2S2/c1-4-5(2)14-8(11-4)16-9-12-7(10)6(3-13)15-9/h13H,3H2,1-2H3. The van der Waals surface area contributed by atoms with Crippen LogP contribution in [0.25, 0.3) is 0 Å². The van der Waals surface area contributed by atoms with Gasteiger partial charge in [-0.2, -0.15) is 0 Å². The van der Waals surface area contributed by atoms with Gasteiger partial charge in [-0.15, -0.1) is 11.3 Å². The van der Waals surface area contributed by atoms with Crippen molar-refractivity contribution in [1.82, 2.24) is 9.97 Å². The molecule has 4 nitrogen and oxygen atoms in total. The molecule has 0 aliphatic carbocycles. The third-order valence-electron chi connectivity index (χ3n) is 1.96. The number of aromatic nitrogens is 2. The second kappa shape index (κ2) is 4.75. The Balaban J connectivity index is 2.20. The van der Waals surface area contributed by atoms with Gasteiger partial charge in [-0.05, 0) is 13.8 Å². The summed E-state index contributed by atoms with van der Waals surface area (Å²) in [5.74, 6) is 0.799. The molecule has 0 fully saturated rings. The van der Waals surface area contributed by atoms with Crippen LogP contribution in [0.1, 0.15) is 16.3 Å². The molecular weight excluding hydrogens is 268 g/mol. The first-order valence-corrected chi connectivity index (χ1v) is 6.49. The smallest absolute Gasteiger partial charge is 0.263 e. The quantitative estimate of drug-likeness (QED) is 0.934. The molecule has 0 atom stereocenters. The molecule has 0 saturated heterocycles. The zero-order valence-corrected chi connectivity index (χ0v) is 11.0. The number of hydrogen-bond donors (Lipinski definition) is 1. The average Bonchev–Trinajstić information content (AvgIpc) is 2.72. The Hall–Kier alpha value is -0.560. The van der Waals surface area contributed by atoms with Crippen LogP contribution in [0, 0.1) is 13.8 Å². The first-order chi connectivity index (χ1) is 7.60. The lowest BCUT2D eigenvalue weighted by atomic mass is 10.4. The molecule has 0 radical (unpaired) electrons. The molecule has 0 aliphatic heterocycles. The molecule has 0 amide bonds. The Bertz CT molecular complexity index is 490. The third-order valence-corrected chi connectivity index (χ3v) is 4.33. The van der Waals surface area contributed by atoms with Crippen molar-refractivity contribution in [3.8, 4) is 0 Å². The topological polar surface area (TPSA) is 59.2 Å². The summed E-state index contributed by atoms with van der Waals surface area (Å²) in [6, 6.07) is 0. The maximum Gasteiger partial charge on any atom is 0.263 e. The van der Waals surface area contributed by atoms with E-state index in [0.29, 0.717) is 15.3 Å². The minimum absolute atomic E-state index is 0.0965. The highest BCUT2D eigenvalue weighted by molar-refractivity contribution is 8.00. The van der Waals surface area contributed by atoms with Gasteiger partial charge in [0.15, 0.2) is 4.34 Å². The third kappa shape index (κ3) is 2.40. The van der Waals surface area contributed by atoms with E-state index < -0.39 is 0 Å². The minimum atomic E-state index is -0.0965. The fourth-order valence-corrected chi connectivity index (χ4v) is 3.24. The Morgan fingerprint density at radius 1 is 1.44 bits per heavy atom. The van der Waals surface area contributed by atoms with Crippen molar-refractivity contribution in [3.05, 3.63) is 21.5 Å². The maximum absolute atomic E-state index is 8.98. The molecular formula is C9H9ClN2O2S2. The summed E-state index contributed by atoms with van der Waals surface area (Å²) in [5.41, 5.74) is 0.868. The van der Waals surface area contributed by atoms with E-state index in [0.717, 1.165) is 15.8 Å². The van der Waals surface area contributed by atoms with Crippen LogP contribution in [0.4, 0.5) is 0 Å². The first-order valence-electron chi connectivity index (χ1n) is 4.48. The van der Waals surface area contributed by atoms with E-state index in [4.69, 9.17) is 21.1 Å². The molecule has 0 unspecified atom stereocenters. The molecule has 86 valence electrons. The summed E-state index contributed by atoms with van der Waals surface area (Å²) in [7, 11) is 0. The average molecular weight is 277 g/mol. The first kappa shape index (κ1) is 11.9. The lowest BCUT2D eigenvalue weighted by molar-refractivity contribution is 0.285. The number of halogens is 1. The van der Waals surface area contributed by atoms with Crippen LogP contribution in [0.2, 0.25) is 5.15 Å². The number of aliphatic hydroxyl groups is 1. The summed E-state index contributed by atoms with van der Waals surface area (Å²) in [4.78, 5) is 8.99. The summed E-state index contributed by atoms with van der Waals surface area (Å²) < 4.78 is 6.13. The molecule has 0 spiro atoms. The van der Waals surface area contributed by atoms with Gasteiger partial charge in [-0.3, -0.25) is 0 Å². The van der Waals surface area contributed by atoms with E-state index in [1.165, 1.54) is 23.1 Å². The van der Waals surface area contributed by atoms with E-state index in [2.05, 4.69) is 9.97 Å². The molecule has 0 saturated carbocycles. The SMILES string of the molecule is Cc1nc(Sc2nc(Cl)c(CO)s2)oc1C. The van der Waals surface area contributed by atoms with E-state index in [9.17, 15) is 0 Å². The Morgan fingerprint density at radius 2 is 2.19 bits per heavy atom. The molecule has 2 aromatic heterocycles. The number of rotatable bonds is 3. The van der Waals surface area contributed by atoms with E-state index in [1.807, 2.05) is 13.8 Å². The van der Waals surface area contributed by atoms with Gasteiger partial charge in [0.05, 0.1) is 17.2 Å². The highest BCUT2D eigenvalue weighted by Gasteiger charge is 2.13. The second-order valence-electron chi connectivity index (χ2n) is 3.08. The molecule has 2 aromatic rings. The van der Waals surface area contributed by atoms with Crippen LogP contribution >= 0.6 is 34.7 Å². The van der Waals surface area contributed by atoms with Gasteiger partial charge in [0.25, 0.3) is 5.22 Å². The van der Waals surface area contributed by atoms with Crippen molar-refractivity contribution in [2.45, 2.75) is 30.0 Å².